The standard InChI is InChI=1S/C36H50O17/c1-17(2)30(43)51-29-25(47-18(3)37)28(49-20(5)39)32(8,9)14-15-33(10,45)31(44)35(46)16-34(11,52-21(6)40)26(48-19(4)38)24(35)27-36(29,53-22(7)41)13-12-23(42)50-27/h14-15,17,24-29,45-46H,12-13,16H2,1-11H3/b15-14+/t24-,25+,26+,27-,28-,29-,33-,34-,35-,36+/m1/s1. The number of aliphatic hydroxyl groups is 2. The second-order valence-corrected chi connectivity index (χ2v) is 15.3. The van der Waals surface area contributed by atoms with E-state index in [1.54, 1.807) is 0 Å². The largest absolute Gasteiger partial charge is 0.458 e. The van der Waals surface area contributed by atoms with E-state index in [4.69, 9.17) is 33.2 Å². The van der Waals surface area contributed by atoms with Crippen molar-refractivity contribution in [2.75, 3.05) is 0 Å². The maximum atomic E-state index is 14.7. The van der Waals surface area contributed by atoms with Crippen LogP contribution in [0.1, 0.15) is 95.4 Å². The van der Waals surface area contributed by atoms with E-state index >= 15 is 0 Å². The fourth-order valence-corrected chi connectivity index (χ4v) is 7.67. The molecule has 1 aliphatic heterocycles. The Morgan fingerprint density at radius 3 is 1.75 bits per heavy atom. The number of fused-ring (bicyclic) bond motifs is 3. The van der Waals surface area contributed by atoms with Gasteiger partial charge in [0, 0.05) is 59.3 Å². The van der Waals surface area contributed by atoms with Crippen LogP contribution in [-0.4, -0.2) is 111 Å². The van der Waals surface area contributed by atoms with Crippen molar-refractivity contribution < 1.29 is 81.7 Å². The van der Waals surface area contributed by atoms with Crippen LogP contribution < -0.4 is 0 Å². The molecule has 3 rings (SSSR count). The molecule has 53 heavy (non-hydrogen) atoms. The highest BCUT2D eigenvalue weighted by Crippen LogP contribution is 2.56. The second-order valence-electron chi connectivity index (χ2n) is 15.3. The number of hydrogen-bond acceptors (Lipinski definition) is 17. The highest BCUT2D eigenvalue weighted by Gasteiger charge is 2.75. The molecule has 0 radical (unpaired) electrons. The van der Waals surface area contributed by atoms with Gasteiger partial charge in [0.2, 0.25) is 0 Å². The van der Waals surface area contributed by atoms with E-state index in [-0.39, 0.29) is 0 Å². The maximum absolute atomic E-state index is 14.7. The van der Waals surface area contributed by atoms with Gasteiger partial charge in [-0.2, -0.15) is 0 Å². The van der Waals surface area contributed by atoms with Crippen LogP contribution in [-0.2, 0) is 71.5 Å². The highest BCUT2D eigenvalue weighted by atomic mass is 16.7. The van der Waals surface area contributed by atoms with E-state index < -0.39 is 137 Å². The first-order valence-electron chi connectivity index (χ1n) is 17.1. The summed E-state index contributed by atoms with van der Waals surface area (Å²) in [6.07, 6.45) is -9.44. The fourth-order valence-electron chi connectivity index (χ4n) is 7.67. The van der Waals surface area contributed by atoms with Gasteiger partial charge in [0.25, 0.3) is 0 Å². The predicted molar refractivity (Wildman–Crippen MR) is 177 cm³/mol. The summed E-state index contributed by atoms with van der Waals surface area (Å²) in [6.45, 7) is 13.1. The maximum Gasteiger partial charge on any atom is 0.308 e. The summed E-state index contributed by atoms with van der Waals surface area (Å²) in [5, 5.41) is 24.5. The van der Waals surface area contributed by atoms with Crippen LogP contribution >= 0.6 is 0 Å². The lowest BCUT2D eigenvalue weighted by Crippen LogP contribution is -2.72. The van der Waals surface area contributed by atoms with Crippen LogP contribution in [0.2, 0.25) is 0 Å². The number of rotatable bonds is 7. The molecule has 2 fully saturated rings. The van der Waals surface area contributed by atoms with Crippen molar-refractivity contribution in [3.8, 4) is 0 Å². The number of carbonyl (C=O) groups excluding carboxylic acids is 8. The molecule has 0 aromatic rings. The zero-order valence-corrected chi connectivity index (χ0v) is 31.8. The second kappa shape index (κ2) is 15.2. The fraction of sp³-hybridized carbons (Fsp3) is 0.722. The first-order valence-corrected chi connectivity index (χ1v) is 17.1. The molecule has 0 bridgehead atoms. The van der Waals surface area contributed by atoms with Gasteiger partial charge >= 0.3 is 41.8 Å². The van der Waals surface area contributed by atoms with Gasteiger partial charge in [-0.05, 0) is 19.9 Å². The summed E-state index contributed by atoms with van der Waals surface area (Å²) in [7, 11) is 0. The van der Waals surface area contributed by atoms with Gasteiger partial charge in [-0.3, -0.25) is 38.4 Å². The number of ether oxygens (including phenoxy) is 7. The topological polar surface area (TPSA) is 242 Å². The lowest BCUT2D eigenvalue weighted by atomic mass is 9.66. The van der Waals surface area contributed by atoms with Crippen LogP contribution in [0.15, 0.2) is 12.2 Å². The van der Waals surface area contributed by atoms with Crippen molar-refractivity contribution in [2.24, 2.45) is 17.3 Å². The minimum Gasteiger partial charge on any atom is -0.458 e. The quantitative estimate of drug-likeness (QED) is 0.212. The predicted octanol–water partition coefficient (Wildman–Crippen LogP) is 1.35. The van der Waals surface area contributed by atoms with Crippen LogP contribution in [0.25, 0.3) is 0 Å². The lowest BCUT2D eigenvalue weighted by Gasteiger charge is -2.53. The van der Waals surface area contributed by atoms with Gasteiger partial charge in [-0.15, -0.1) is 0 Å². The zero-order valence-electron chi connectivity index (χ0n) is 31.8. The van der Waals surface area contributed by atoms with E-state index in [0.717, 1.165) is 47.6 Å². The molecule has 0 spiro atoms. The summed E-state index contributed by atoms with van der Waals surface area (Å²) in [5.41, 5.74) is -11.7. The van der Waals surface area contributed by atoms with E-state index in [9.17, 15) is 48.6 Å². The van der Waals surface area contributed by atoms with E-state index in [1.165, 1.54) is 40.7 Å². The van der Waals surface area contributed by atoms with Crippen molar-refractivity contribution in [1.29, 1.82) is 0 Å². The SMILES string of the molecule is CC(=O)O[C@H]1[C@@H](OC(C)=O)C(C)(C)/C=C/[C@@](C)(O)C(=O)[C@@]2(O)C[C@@](C)(OC(C)=O)[C@@H](OC(C)=O)[C@@H]2[C@H]2OC(=O)CC[C@@]2(OC(C)=O)[C@@H]1OC(=O)C(C)C. The molecule has 296 valence electrons. The Bertz CT molecular complexity index is 1560. The Labute approximate surface area is 306 Å². The van der Waals surface area contributed by atoms with E-state index in [0.29, 0.717) is 0 Å². The molecule has 10 atom stereocenters. The van der Waals surface area contributed by atoms with Gasteiger partial charge in [-0.25, -0.2) is 0 Å². The molecule has 3 aliphatic rings. The average molecular weight is 755 g/mol. The molecule has 1 heterocycles. The van der Waals surface area contributed by atoms with Crippen LogP contribution in [0, 0.1) is 17.3 Å². The van der Waals surface area contributed by atoms with E-state index in [1.807, 2.05) is 0 Å². The summed E-state index contributed by atoms with van der Waals surface area (Å²) in [4.78, 5) is 106. The van der Waals surface area contributed by atoms with Crippen molar-refractivity contribution in [1.82, 2.24) is 0 Å². The third kappa shape index (κ3) is 8.72. The Morgan fingerprint density at radius 2 is 1.26 bits per heavy atom. The molecular weight excluding hydrogens is 704 g/mol. The molecule has 2 aliphatic carbocycles. The zero-order chi connectivity index (χ0) is 40.6. The molecule has 1 saturated heterocycles. The van der Waals surface area contributed by atoms with Crippen LogP contribution in [0.3, 0.4) is 0 Å². The normalized spacial score (nSPS) is 37.2. The van der Waals surface area contributed by atoms with Gasteiger partial charge < -0.3 is 43.4 Å². The Hall–Kier alpha value is -4.38. The van der Waals surface area contributed by atoms with Crippen molar-refractivity contribution in [3.63, 3.8) is 0 Å². The van der Waals surface area contributed by atoms with Crippen molar-refractivity contribution >= 4 is 47.6 Å². The molecule has 2 N–H and O–H groups in total. The Kier molecular flexibility index (Phi) is 12.3. The average Bonchev–Trinajstić information content (AvgIpc) is 3.20. The van der Waals surface area contributed by atoms with E-state index in [2.05, 4.69) is 0 Å². The summed E-state index contributed by atoms with van der Waals surface area (Å²) < 4.78 is 40.8. The highest BCUT2D eigenvalue weighted by molar-refractivity contribution is 5.97. The molecule has 1 saturated carbocycles. The van der Waals surface area contributed by atoms with Gasteiger partial charge in [-0.1, -0.05) is 33.8 Å². The molecule has 0 unspecified atom stereocenters. The van der Waals surface area contributed by atoms with Crippen LogP contribution in [0.4, 0.5) is 0 Å². The summed E-state index contributed by atoms with van der Waals surface area (Å²) >= 11 is 0. The van der Waals surface area contributed by atoms with Crippen molar-refractivity contribution in [3.05, 3.63) is 12.2 Å². The molecule has 0 aromatic heterocycles. The van der Waals surface area contributed by atoms with Gasteiger partial charge in [0.1, 0.15) is 16.8 Å². The number of carbonyl (C=O) groups is 8. The number of esters is 7. The minimum absolute atomic E-state index is 0.552. The molecule has 17 heteroatoms. The lowest BCUT2D eigenvalue weighted by molar-refractivity contribution is -0.272. The van der Waals surface area contributed by atoms with Gasteiger partial charge in [0.05, 0.1) is 11.8 Å². The summed E-state index contributed by atoms with van der Waals surface area (Å²) in [6, 6.07) is 0. The number of hydrogen-bond donors (Lipinski definition) is 2. The first-order chi connectivity index (χ1) is 24.1. The third-order valence-electron chi connectivity index (χ3n) is 9.70. The van der Waals surface area contributed by atoms with Crippen molar-refractivity contribution in [2.45, 2.75) is 148 Å². The minimum atomic E-state index is -2.95. The van der Waals surface area contributed by atoms with Crippen LogP contribution in [0.5, 0.6) is 0 Å². The monoisotopic (exact) mass is 754 g/mol. The molecule has 0 amide bonds. The Morgan fingerprint density at radius 1 is 0.736 bits per heavy atom. The number of Topliss-reactive ketones (excluding diaryl/α,β-unsaturated/α-hetero) is 1. The molecule has 0 aromatic carbocycles. The van der Waals surface area contributed by atoms with Gasteiger partial charge in [0.15, 0.2) is 41.9 Å². The summed E-state index contributed by atoms with van der Waals surface area (Å²) in [5.74, 6) is -11.2. The Balaban J connectivity index is 2.70. The number of ketones is 1. The smallest absolute Gasteiger partial charge is 0.308 e. The molecule has 17 nitrogen and oxygen atoms in total. The third-order valence-corrected chi connectivity index (χ3v) is 9.70. The first kappa shape index (κ1) is 43.0. The molecular formula is C36H50O17.